The van der Waals surface area contributed by atoms with E-state index in [2.05, 4.69) is 0 Å². The third-order valence-electron chi connectivity index (χ3n) is 3.44. The van der Waals surface area contributed by atoms with E-state index in [4.69, 9.17) is 9.47 Å². The van der Waals surface area contributed by atoms with Crippen LogP contribution in [0.1, 0.15) is 20.8 Å². The van der Waals surface area contributed by atoms with E-state index >= 15 is 0 Å². The van der Waals surface area contributed by atoms with E-state index in [-0.39, 0.29) is 23.7 Å². The maximum Gasteiger partial charge on any atom is 0.304 e. The molecule has 0 aromatic heterocycles. The number of hydrogen-bond donors (Lipinski definition) is 0. The number of β-lactam (4-membered cyclic amide) rings is 1. The first-order valence-electron chi connectivity index (χ1n) is 6.60. The molecule has 1 amide bonds. The number of carbonyl (C=O) groups excluding carboxylic acids is 2. The highest BCUT2D eigenvalue weighted by molar-refractivity contribution is 6.03. The van der Waals surface area contributed by atoms with Gasteiger partial charge in [-0.2, -0.15) is 0 Å². The summed E-state index contributed by atoms with van der Waals surface area (Å²) in [6, 6.07) is 7.11. The molecule has 1 aliphatic heterocycles. The highest BCUT2D eigenvalue weighted by Crippen LogP contribution is 2.38. The lowest BCUT2D eigenvalue weighted by Crippen LogP contribution is -2.64. The number of methoxy groups -OCH3 is 1. The average Bonchev–Trinajstić information content (AvgIpc) is 2.38. The molecular weight excluding hydrogens is 258 g/mol. The molecule has 5 heteroatoms. The second kappa shape index (κ2) is 5.53. The van der Waals surface area contributed by atoms with Crippen LogP contribution in [-0.2, 0) is 14.3 Å². The van der Waals surface area contributed by atoms with Crippen molar-refractivity contribution in [2.75, 3.05) is 12.0 Å². The average molecular weight is 277 g/mol. The highest BCUT2D eigenvalue weighted by atomic mass is 16.6. The monoisotopic (exact) mass is 277 g/mol. The number of carbonyl (C=O) groups is 2. The van der Waals surface area contributed by atoms with Gasteiger partial charge in [0.15, 0.2) is 6.23 Å². The predicted octanol–water partition coefficient (Wildman–Crippen LogP) is 2.20. The van der Waals surface area contributed by atoms with Crippen LogP contribution in [0, 0.1) is 11.8 Å². The van der Waals surface area contributed by atoms with Crippen LogP contribution in [0.3, 0.4) is 0 Å². The lowest BCUT2D eigenvalue weighted by molar-refractivity contribution is -0.163. The van der Waals surface area contributed by atoms with Crippen molar-refractivity contribution in [3.63, 3.8) is 0 Å². The fourth-order valence-corrected chi connectivity index (χ4v) is 2.41. The van der Waals surface area contributed by atoms with E-state index in [0.29, 0.717) is 11.4 Å². The van der Waals surface area contributed by atoms with Gasteiger partial charge in [-0.1, -0.05) is 13.8 Å². The van der Waals surface area contributed by atoms with Gasteiger partial charge in [0.1, 0.15) is 5.75 Å². The van der Waals surface area contributed by atoms with Crippen LogP contribution in [0.25, 0.3) is 0 Å². The van der Waals surface area contributed by atoms with Crippen LogP contribution in [-0.4, -0.2) is 25.2 Å². The van der Waals surface area contributed by atoms with Gasteiger partial charge in [-0.25, -0.2) is 0 Å². The second-order valence-corrected chi connectivity index (χ2v) is 5.18. The molecule has 1 fully saturated rings. The normalized spacial score (nSPS) is 21.6. The van der Waals surface area contributed by atoms with Gasteiger partial charge in [-0.3, -0.25) is 14.5 Å². The Balaban J connectivity index is 2.24. The van der Waals surface area contributed by atoms with Gasteiger partial charge < -0.3 is 9.47 Å². The first kappa shape index (κ1) is 14.4. The molecule has 0 spiro atoms. The molecule has 5 nitrogen and oxygen atoms in total. The summed E-state index contributed by atoms with van der Waals surface area (Å²) in [5.41, 5.74) is 0.707. The Bertz CT molecular complexity index is 509. The standard InChI is InChI=1S/C15H19NO4/c1-9(2)13-14(18)16(15(13)20-10(3)17)11-5-7-12(19-4)8-6-11/h5-9,13,15H,1-4H3/t13-,15+/m1/s1. The van der Waals surface area contributed by atoms with Crippen molar-refractivity contribution in [3.8, 4) is 5.75 Å². The van der Waals surface area contributed by atoms with E-state index in [9.17, 15) is 9.59 Å². The number of amides is 1. The molecule has 0 bridgehead atoms. The Hall–Kier alpha value is -2.04. The van der Waals surface area contributed by atoms with Gasteiger partial charge in [-0.15, -0.1) is 0 Å². The minimum Gasteiger partial charge on any atom is -0.497 e. The summed E-state index contributed by atoms with van der Waals surface area (Å²) in [5.74, 6) is 0.164. The first-order chi connectivity index (χ1) is 9.45. The highest BCUT2D eigenvalue weighted by Gasteiger charge is 2.51. The number of hydrogen-bond acceptors (Lipinski definition) is 4. The SMILES string of the molecule is COc1ccc(N2C(=O)[C@@H](C(C)C)[C@@H]2OC(C)=O)cc1. The lowest BCUT2D eigenvalue weighted by atomic mass is 9.84. The molecule has 1 heterocycles. The number of anilines is 1. The molecule has 1 aromatic rings. The molecule has 1 aliphatic rings. The molecule has 1 aromatic carbocycles. The second-order valence-electron chi connectivity index (χ2n) is 5.18. The number of rotatable bonds is 4. The van der Waals surface area contributed by atoms with Gasteiger partial charge in [0.2, 0.25) is 5.91 Å². The lowest BCUT2D eigenvalue weighted by Gasteiger charge is -2.47. The van der Waals surface area contributed by atoms with Gasteiger partial charge in [0.25, 0.3) is 0 Å². The Morgan fingerprint density at radius 1 is 1.25 bits per heavy atom. The number of ether oxygens (including phenoxy) is 2. The molecular formula is C15H19NO4. The number of esters is 1. The van der Waals surface area contributed by atoms with Gasteiger partial charge >= 0.3 is 5.97 Å². The number of nitrogens with zero attached hydrogens (tertiary/aromatic N) is 1. The molecule has 0 radical (unpaired) electrons. The van der Waals surface area contributed by atoms with Crippen molar-refractivity contribution in [1.29, 1.82) is 0 Å². The Kier molecular flexibility index (Phi) is 3.97. The predicted molar refractivity (Wildman–Crippen MR) is 74.4 cm³/mol. The summed E-state index contributed by atoms with van der Waals surface area (Å²) in [6.07, 6.45) is -0.520. The van der Waals surface area contributed by atoms with Crippen molar-refractivity contribution in [2.45, 2.75) is 27.0 Å². The van der Waals surface area contributed by atoms with Crippen molar-refractivity contribution in [1.82, 2.24) is 0 Å². The van der Waals surface area contributed by atoms with E-state index in [1.165, 1.54) is 11.8 Å². The van der Waals surface area contributed by atoms with Crippen molar-refractivity contribution < 1.29 is 19.1 Å². The molecule has 0 aliphatic carbocycles. The van der Waals surface area contributed by atoms with Crippen LogP contribution in [0.4, 0.5) is 5.69 Å². The zero-order chi connectivity index (χ0) is 14.9. The summed E-state index contributed by atoms with van der Waals surface area (Å²) in [6.45, 7) is 5.25. The number of benzene rings is 1. The van der Waals surface area contributed by atoms with E-state index < -0.39 is 6.23 Å². The maximum atomic E-state index is 12.3. The van der Waals surface area contributed by atoms with Gasteiger partial charge in [-0.05, 0) is 30.2 Å². The van der Waals surface area contributed by atoms with Crippen LogP contribution in [0.5, 0.6) is 5.75 Å². The zero-order valence-corrected chi connectivity index (χ0v) is 12.1. The van der Waals surface area contributed by atoms with Crippen LogP contribution in [0.15, 0.2) is 24.3 Å². The fourth-order valence-electron chi connectivity index (χ4n) is 2.41. The van der Waals surface area contributed by atoms with Crippen molar-refractivity contribution in [3.05, 3.63) is 24.3 Å². The molecule has 20 heavy (non-hydrogen) atoms. The smallest absolute Gasteiger partial charge is 0.304 e. The molecule has 0 N–H and O–H groups in total. The van der Waals surface area contributed by atoms with E-state index in [0.717, 1.165) is 0 Å². The Labute approximate surface area is 118 Å². The van der Waals surface area contributed by atoms with Gasteiger partial charge in [0.05, 0.1) is 13.0 Å². The summed E-state index contributed by atoms with van der Waals surface area (Å²) in [7, 11) is 1.58. The van der Waals surface area contributed by atoms with Gasteiger partial charge in [0, 0.05) is 12.6 Å². The Morgan fingerprint density at radius 3 is 2.30 bits per heavy atom. The van der Waals surface area contributed by atoms with Crippen molar-refractivity contribution >= 4 is 17.6 Å². The summed E-state index contributed by atoms with van der Waals surface area (Å²) in [4.78, 5) is 25.0. The first-order valence-corrected chi connectivity index (χ1v) is 6.60. The van der Waals surface area contributed by atoms with E-state index in [1.54, 1.807) is 31.4 Å². The maximum absolute atomic E-state index is 12.3. The summed E-state index contributed by atoms with van der Waals surface area (Å²) >= 11 is 0. The summed E-state index contributed by atoms with van der Waals surface area (Å²) < 4.78 is 10.4. The van der Waals surface area contributed by atoms with Crippen molar-refractivity contribution in [2.24, 2.45) is 11.8 Å². The third-order valence-corrected chi connectivity index (χ3v) is 3.44. The molecule has 2 atom stereocenters. The molecule has 1 saturated heterocycles. The van der Waals surface area contributed by atoms with Crippen LogP contribution >= 0.6 is 0 Å². The largest absolute Gasteiger partial charge is 0.497 e. The molecule has 108 valence electrons. The molecule has 0 unspecified atom stereocenters. The summed E-state index contributed by atoms with van der Waals surface area (Å²) in [5, 5.41) is 0. The Morgan fingerprint density at radius 2 is 1.85 bits per heavy atom. The minimum atomic E-state index is -0.520. The molecule has 0 saturated carbocycles. The minimum absolute atomic E-state index is 0.0172. The third kappa shape index (κ3) is 2.48. The van der Waals surface area contributed by atoms with E-state index in [1.807, 2.05) is 13.8 Å². The molecule has 2 rings (SSSR count). The topological polar surface area (TPSA) is 55.8 Å². The zero-order valence-electron chi connectivity index (χ0n) is 12.1. The fraction of sp³-hybridized carbons (Fsp3) is 0.467. The quantitative estimate of drug-likeness (QED) is 0.625. The van der Waals surface area contributed by atoms with Crippen LogP contribution < -0.4 is 9.64 Å². The van der Waals surface area contributed by atoms with Crippen LogP contribution in [0.2, 0.25) is 0 Å².